The van der Waals surface area contributed by atoms with Crippen LogP contribution in [0.15, 0.2) is 103 Å². The molecule has 0 aliphatic carbocycles. The molecule has 0 N–H and O–H groups in total. The molecule has 0 atom stereocenters. The van der Waals surface area contributed by atoms with E-state index >= 15 is 0 Å². The van der Waals surface area contributed by atoms with Gasteiger partial charge in [0.2, 0.25) is 5.91 Å². The van der Waals surface area contributed by atoms with E-state index in [4.69, 9.17) is 0 Å². The number of benzene rings is 4. The van der Waals surface area contributed by atoms with Crippen LogP contribution in [0.5, 0.6) is 0 Å². The minimum absolute atomic E-state index is 0.0129. The van der Waals surface area contributed by atoms with Crippen LogP contribution in [0.25, 0.3) is 0 Å². The highest BCUT2D eigenvalue weighted by molar-refractivity contribution is 6.06. The summed E-state index contributed by atoms with van der Waals surface area (Å²) in [6, 6.07) is 31.0. The molecule has 0 aromatic heterocycles. The van der Waals surface area contributed by atoms with E-state index in [1.807, 2.05) is 85.8 Å². The van der Waals surface area contributed by atoms with E-state index < -0.39 is 5.82 Å². The van der Waals surface area contributed by atoms with Gasteiger partial charge in [0.25, 0.3) is 5.91 Å². The summed E-state index contributed by atoms with van der Waals surface area (Å²) in [6.45, 7) is 2.90. The smallest absolute Gasteiger partial charge is 0.258 e. The van der Waals surface area contributed by atoms with Gasteiger partial charge in [-0.05, 0) is 53.9 Å². The van der Waals surface area contributed by atoms with E-state index in [0.717, 1.165) is 22.3 Å². The molecular weight excluding hydrogens is 451 g/mol. The van der Waals surface area contributed by atoms with E-state index in [-0.39, 0.29) is 23.8 Å². The van der Waals surface area contributed by atoms with Crippen molar-refractivity contribution in [1.82, 2.24) is 4.90 Å². The van der Waals surface area contributed by atoms with Crippen molar-refractivity contribution in [2.45, 2.75) is 26.4 Å². The first kappa shape index (κ1) is 24.9. The molecule has 4 rings (SSSR count). The van der Waals surface area contributed by atoms with Crippen LogP contribution in [0, 0.1) is 12.7 Å². The molecule has 0 bridgehead atoms. The van der Waals surface area contributed by atoms with Gasteiger partial charge in [-0.3, -0.25) is 9.59 Å². The van der Waals surface area contributed by atoms with Crippen LogP contribution < -0.4 is 4.90 Å². The molecule has 0 radical (unpaired) electrons. The fourth-order valence-corrected chi connectivity index (χ4v) is 3.98. The normalized spacial score (nSPS) is 10.6. The van der Waals surface area contributed by atoms with E-state index in [1.54, 1.807) is 22.9 Å². The maximum atomic E-state index is 13.8. The van der Waals surface area contributed by atoms with Crippen LogP contribution in [0.4, 0.5) is 10.1 Å². The molecule has 0 unspecified atom stereocenters. The highest BCUT2D eigenvalue weighted by Gasteiger charge is 2.19. The number of nitrogens with zero attached hydrogens (tertiary/aromatic N) is 2. The van der Waals surface area contributed by atoms with Gasteiger partial charge < -0.3 is 9.80 Å². The van der Waals surface area contributed by atoms with Crippen LogP contribution in [0.2, 0.25) is 0 Å². The molecule has 0 fully saturated rings. The molecule has 0 heterocycles. The van der Waals surface area contributed by atoms with Gasteiger partial charge in [-0.15, -0.1) is 0 Å². The van der Waals surface area contributed by atoms with Crippen LogP contribution >= 0.6 is 0 Å². The van der Waals surface area contributed by atoms with E-state index in [9.17, 15) is 14.0 Å². The SMILES string of the molecule is Cc1ccc(CN(C(=O)c2cccc(F)c2)c2ccc(CC(=O)N(C)Cc3ccccc3)cc2)cc1. The summed E-state index contributed by atoms with van der Waals surface area (Å²) < 4.78 is 13.8. The Morgan fingerprint density at radius 3 is 2.03 bits per heavy atom. The van der Waals surface area contributed by atoms with Crippen molar-refractivity contribution in [3.05, 3.63) is 137 Å². The van der Waals surface area contributed by atoms with Crippen LogP contribution in [0.3, 0.4) is 0 Å². The van der Waals surface area contributed by atoms with Gasteiger partial charge in [-0.1, -0.05) is 78.4 Å². The number of carbonyl (C=O) groups is 2. The number of hydrogen-bond acceptors (Lipinski definition) is 2. The third-order valence-corrected chi connectivity index (χ3v) is 6.07. The Labute approximate surface area is 211 Å². The Morgan fingerprint density at radius 2 is 1.36 bits per heavy atom. The zero-order chi connectivity index (χ0) is 25.5. The fourth-order valence-electron chi connectivity index (χ4n) is 3.98. The number of anilines is 1. The highest BCUT2D eigenvalue weighted by Crippen LogP contribution is 2.22. The van der Waals surface area contributed by atoms with Crippen molar-refractivity contribution >= 4 is 17.5 Å². The first-order valence-corrected chi connectivity index (χ1v) is 11.9. The van der Waals surface area contributed by atoms with Crippen LogP contribution in [-0.4, -0.2) is 23.8 Å². The molecule has 36 heavy (non-hydrogen) atoms. The maximum Gasteiger partial charge on any atom is 0.258 e. The zero-order valence-electron chi connectivity index (χ0n) is 20.5. The lowest BCUT2D eigenvalue weighted by molar-refractivity contribution is -0.129. The van der Waals surface area contributed by atoms with Gasteiger partial charge in [0.05, 0.1) is 13.0 Å². The quantitative estimate of drug-likeness (QED) is 0.302. The van der Waals surface area contributed by atoms with E-state index in [1.165, 1.54) is 18.2 Å². The summed E-state index contributed by atoms with van der Waals surface area (Å²) in [5.41, 5.74) is 4.99. The number of rotatable bonds is 8. The largest absolute Gasteiger partial charge is 0.341 e. The average Bonchev–Trinajstić information content (AvgIpc) is 2.89. The number of carbonyl (C=O) groups excluding carboxylic acids is 2. The minimum atomic E-state index is -0.454. The van der Waals surface area contributed by atoms with Crippen molar-refractivity contribution in [1.29, 1.82) is 0 Å². The number of amides is 2. The Morgan fingerprint density at radius 1 is 0.722 bits per heavy atom. The second kappa shape index (κ2) is 11.5. The minimum Gasteiger partial charge on any atom is -0.341 e. The summed E-state index contributed by atoms with van der Waals surface area (Å²) in [4.78, 5) is 29.5. The van der Waals surface area contributed by atoms with Gasteiger partial charge in [0.1, 0.15) is 5.82 Å². The lowest BCUT2D eigenvalue weighted by Gasteiger charge is -2.24. The van der Waals surface area contributed by atoms with E-state index in [0.29, 0.717) is 18.8 Å². The number of aryl methyl sites for hydroxylation is 1. The van der Waals surface area contributed by atoms with Crippen LogP contribution in [-0.2, 0) is 24.3 Å². The predicted molar refractivity (Wildman–Crippen MR) is 141 cm³/mol. The summed E-state index contributed by atoms with van der Waals surface area (Å²) in [6.07, 6.45) is 0.263. The molecule has 2 amide bonds. The first-order valence-electron chi connectivity index (χ1n) is 11.9. The third-order valence-electron chi connectivity index (χ3n) is 6.07. The molecule has 0 aliphatic rings. The number of hydrogen-bond donors (Lipinski definition) is 0. The van der Waals surface area contributed by atoms with Gasteiger partial charge in [-0.2, -0.15) is 0 Å². The van der Waals surface area contributed by atoms with Crippen molar-refractivity contribution < 1.29 is 14.0 Å². The fraction of sp³-hybridized carbons (Fsp3) is 0.161. The van der Waals surface area contributed by atoms with Crippen molar-refractivity contribution in [3.63, 3.8) is 0 Å². The molecule has 0 spiro atoms. The molecule has 4 aromatic rings. The predicted octanol–water partition coefficient (Wildman–Crippen LogP) is 6.18. The monoisotopic (exact) mass is 480 g/mol. The molecule has 0 aliphatic heterocycles. The third kappa shape index (κ3) is 6.45. The zero-order valence-corrected chi connectivity index (χ0v) is 20.5. The lowest BCUT2D eigenvalue weighted by Crippen LogP contribution is -2.30. The topological polar surface area (TPSA) is 40.6 Å². The highest BCUT2D eigenvalue weighted by atomic mass is 19.1. The molecular formula is C31H29FN2O2. The second-order valence-corrected chi connectivity index (χ2v) is 8.97. The Hall–Kier alpha value is -4.25. The number of halogens is 1. The molecule has 182 valence electrons. The molecule has 4 aromatic carbocycles. The summed E-state index contributed by atoms with van der Waals surface area (Å²) in [7, 11) is 1.80. The first-order chi connectivity index (χ1) is 17.4. The van der Waals surface area contributed by atoms with E-state index in [2.05, 4.69) is 0 Å². The van der Waals surface area contributed by atoms with Crippen molar-refractivity contribution in [3.8, 4) is 0 Å². The summed E-state index contributed by atoms with van der Waals surface area (Å²) >= 11 is 0. The molecule has 0 saturated carbocycles. The Bertz CT molecular complexity index is 1320. The van der Waals surface area contributed by atoms with Crippen molar-refractivity contribution in [2.24, 2.45) is 0 Å². The second-order valence-electron chi connectivity index (χ2n) is 8.97. The number of likely N-dealkylation sites (N-methyl/N-ethyl adjacent to an activating group) is 1. The molecule has 0 saturated heterocycles. The van der Waals surface area contributed by atoms with Crippen molar-refractivity contribution in [2.75, 3.05) is 11.9 Å². The Kier molecular flexibility index (Phi) is 7.91. The summed E-state index contributed by atoms with van der Waals surface area (Å²) in [5, 5.41) is 0. The standard InChI is InChI=1S/C31H29FN2O2/c1-23-11-13-26(14-12-23)22-34(31(36)27-9-6-10-28(32)20-27)29-17-15-24(16-18-29)19-30(35)33(2)21-25-7-4-3-5-8-25/h3-18,20H,19,21-22H2,1-2H3. The summed E-state index contributed by atoms with van der Waals surface area (Å²) in [5.74, 6) is -0.731. The van der Waals surface area contributed by atoms with Gasteiger partial charge >= 0.3 is 0 Å². The molecule has 5 heteroatoms. The molecule has 4 nitrogen and oxygen atoms in total. The van der Waals surface area contributed by atoms with Gasteiger partial charge in [0, 0.05) is 24.8 Å². The van der Waals surface area contributed by atoms with Crippen LogP contribution in [0.1, 0.15) is 32.6 Å². The van der Waals surface area contributed by atoms with Gasteiger partial charge in [-0.25, -0.2) is 4.39 Å². The Balaban J connectivity index is 1.52. The average molecular weight is 481 g/mol. The lowest BCUT2D eigenvalue weighted by atomic mass is 10.1. The maximum absolute atomic E-state index is 13.8. The van der Waals surface area contributed by atoms with Gasteiger partial charge in [0.15, 0.2) is 0 Å².